The van der Waals surface area contributed by atoms with Crippen LogP contribution in [0.4, 0.5) is 0 Å². The van der Waals surface area contributed by atoms with Crippen LogP contribution in [-0.2, 0) is 6.42 Å². The molecule has 86 valence electrons. The summed E-state index contributed by atoms with van der Waals surface area (Å²) in [5, 5.41) is 11.8. The first kappa shape index (κ1) is 11.3. The van der Waals surface area contributed by atoms with Crippen molar-refractivity contribution in [1.29, 1.82) is 0 Å². The predicted octanol–water partition coefficient (Wildman–Crippen LogP) is 1.01. The van der Waals surface area contributed by atoms with Crippen molar-refractivity contribution in [3.63, 3.8) is 0 Å². The Bertz CT molecular complexity index is 376. The van der Waals surface area contributed by atoms with Gasteiger partial charge in [-0.1, -0.05) is 24.3 Å². The quantitative estimate of drug-likeness (QED) is 0.743. The monoisotopic (exact) mass is 219 g/mol. The summed E-state index contributed by atoms with van der Waals surface area (Å²) in [6.07, 6.45) is 1.89. The van der Waals surface area contributed by atoms with Gasteiger partial charge in [-0.25, -0.2) is 0 Å². The molecule has 1 atom stereocenters. The number of hydrogen-bond acceptors (Lipinski definition) is 3. The maximum Gasteiger partial charge on any atom is 0.167 e. The van der Waals surface area contributed by atoms with Gasteiger partial charge < -0.3 is 10.4 Å². The van der Waals surface area contributed by atoms with Gasteiger partial charge in [0.25, 0.3) is 0 Å². The highest BCUT2D eigenvalue weighted by Gasteiger charge is 2.26. The van der Waals surface area contributed by atoms with E-state index in [0.717, 1.165) is 18.4 Å². The third-order valence-corrected chi connectivity index (χ3v) is 3.10. The Balaban J connectivity index is 2.03. The molecule has 16 heavy (non-hydrogen) atoms. The van der Waals surface area contributed by atoms with Crippen molar-refractivity contribution in [1.82, 2.24) is 5.32 Å². The number of hydrogen-bond donors (Lipinski definition) is 2. The van der Waals surface area contributed by atoms with Crippen LogP contribution < -0.4 is 5.32 Å². The molecule has 1 aromatic carbocycles. The second-order valence-corrected chi connectivity index (χ2v) is 4.18. The molecule has 0 aromatic heterocycles. The maximum atomic E-state index is 12.1. The molecule has 0 aliphatic heterocycles. The highest BCUT2D eigenvalue weighted by atomic mass is 16.3. The summed E-state index contributed by atoms with van der Waals surface area (Å²) in [5.74, 6) is 0.314. The fourth-order valence-corrected chi connectivity index (χ4v) is 2.21. The van der Waals surface area contributed by atoms with Crippen molar-refractivity contribution < 1.29 is 9.90 Å². The van der Waals surface area contributed by atoms with Crippen LogP contribution in [0.3, 0.4) is 0 Å². The third-order valence-electron chi connectivity index (χ3n) is 3.10. The van der Waals surface area contributed by atoms with Crippen LogP contribution in [0.5, 0.6) is 0 Å². The molecule has 0 amide bonds. The smallest absolute Gasteiger partial charge is 0.167 e. The molecule has 0 fully saturated rings. The van der Waals surface area contributed by atoms with Crippen molar-refractivity contribution in [2.45, 2.75) is 12.8 Å². The van der Waals surface area contributed by atoms with Crippen molar-refractivity contribution in [2.24, 2.45) is 5.92 Å². The van der Waals surface area contributed by atoms with Gasteiger partial charge in [0, 0.05) is 24.6 Å². The molecule has 0 bridgehead atoms. The summed E-state index contributed by atoms with van der Waals surface area (Å²) in [4.78, 5) is 12.1. The van der Waals surface area contributed by atoms with Crippen LogP contribution in [0.2, 0.25) is 0 Å². The average molecular weight is 219 g/mol. The van der Waals surface area contributed by atoms with Gasteiger partial charge in [0.15, 0.2) is 5.78 Å². The molecule has 2 N–H and O–H groups in total. The summed E-state index contributed by atoms with van der Waals surface area (Å²) in [6.45, 7) is 1.36. The Morgan fingerprint density at radius 1 is 1.38 bits per heavy atom. The number of ketones is 1. The summed E-state index contributed by atoms with van der Waals surface area (Å²) >= 11 is 0. The lowest BCUT2D eigenvalue weighted by Crippen LogP contribution is -2.33. The summed E-state index contributed by atoms with van der Waals surface area (Å²) in [7, 11) is 0. The van der Waals surface area contributed by atoms with Gasteiger partial charge >= 0.3 is 0 Å². The Morgan fingerprint density at radius 3 is 3.00 bits per heavy atom. The lowest BCUT2D eigenvalue weighted by Gasteiger charge is -2.23. The van der Waals surface area contributed by atoms with E-state index in [-0.39, 0.29) is 18.3 Å². The van der Waals surface area contributed by atoms with Gasteiger partial charge in [-0.3, -0.25) is 4.79 Å². The van der Waals surface area contributed by atoms with E-state index in [4.69, 9.17) is 5.11 Å². The molecule has 1 aliphatic rings. The zero-order chi connectivity index (χ0) is 11.4. The van der Waals surface area contributed by atoms with Gasteiger partial charge in [-0.05, 0) is 18.4 Å². The van der Waals surface area contributed by atoms with Crippen LogP contribution in [0.1, 0.15) is 22.3 Å². The molecule has 3 nitrogen and oxygen atoms in total. The standard InChI is InChI=1S/C13H17NO2/c15-8-7-14-9-11-6-5-10-3-1-2-4-12(10)13(11)16/h1-4,11,14-15H,5-9H2/t11-/m0/s1. The molecule has 0 saturated carbocycles. The first-order chi connectivity index (χ1) is 7.83. The van der Waals surface area contributed by atoms with Gasteiger partial charge in [-0.15, -0.1) is 0 Å². The molecule has 2 rings (SSSR count). The van der Waals surface area contributed by atoms with E-state index in [9.17, 15) is 4.79 Å². The molecular formula is C13H17NO2. The number of nitrogens with one attached hydrogen (secondary N) is 1. The van der Waals surface area contributed by atoms with E-state index in [1.54, 1.807) is 0 Å². The number of carbonyl (C=O) groups is 1. The van der Waals surface area contributed by atoms with Crippen LogP contribution >= 0.6 is 0 Å². The van der Waals surface area contributed by atoms with Crippen LogP contribution in [-0.4, -0.2) is 30.6 Å². The molecule has 0 spiro atoms. The molecule has 0 heterocycles. The number of aliphatic hydroxyl groups is 1. The zero-order valence-electron chi connectivity index (χ0n) is 9.28. The van der Waals surface area contributed by atoms with Gasteiger partial charge in [0.05, 0.1) is 6.61 Å². The first-order valence-electron chi connectivity index (χ1n) is 5.76. The van der Waals surface area contributed by atoms with E-state index in [1.165, 1.54) is 5.56 Å². The minimum atomic E-state index is 0.0708. The number of benzene rings is 1. The average Bonchev–Trinajstić information content (AvgIpc) is 2.33. The third kappa shape index (κ3) is 2.31. The number of Topliss-reactive ketones (excluding diaryl/α,β-unsaturated/α-hetero) is 1. The van der Waals surface area contributed by atoms with Crippen molar-refractivity contribution >= 4 is 5.78 Å². The van der Waals surface area contributed by atoms with Crippen molar-refractivity contribution in [3.8, 4) is 0 Å². The molecule has 3 heteroatoms. The lowest BCUT2D eigenvalue weighted by molar-refractivity contribution is 0.0899. The Hall–Kier alpha value is -1.19. The lowest BCUT2D eigenvalue weighted by atomic mass is 9.83. The number of rotatable bonds is 4. The van der Waals surface area contributed by atoms with Crippen LogP contribution in [0.25, 0.3) is 0 Å². The number of aryl methyl sites for hydroxylation is 1. The molecule has 1 aromatic rings. The van der Waals surface area contributed by atoms with E-state index in [1.807, 2.05) is 24.3 Å². The van der Waals surface area contributed by atoms with E-state index in [0.29, 0.717) is 13.1 Å². The second-order valence-electron chi connectivity index (χ2n) is 4.18. The van der Waals surface area contributed by atoms with Gasteiger partial charge in [0.2, 0.25) is 0 Å². The first-order valence-corrected chi connectivity index (χ1v) is 5.76. The highest BCUT2D eigenvalue weighted by Crippen LogP contribution is 2.24. The van der Waals surface area contributed by atoms with Crippen molar-refractivity contribution in [2.75, 3.05) is 19.7 Å². The molecule has 0 unspecified atom stereocenters. The van der Waals surface area contributed by atoms with E-state index >= 15 is 0 Å². The molecule has 0 saturated heterocycles. The second kappa shape index (κ2) is 5.23. The van der Waals surface area contributed by atoms with Gasteiger partial charge in [0.1, 0.15) is 0 Å². The van der Waals surface area contributed by atoms with Crippen molar-refractivity contribution in [3.05, 3.63) is 35.4 Å². The number of fused-ring (bicyclic) bond motifs is 1. The topological polar surface area (TPSA) is 49.3 Å². The minimum absolute atomic E-state index is 0.0708. The normalized spacial score (nSPS) is 19.6. The maximum absolute atomic E-state index is 12.1. The molecule has 1 aliphatic carbocycles. The highest BCUT2D eigenvalue weighted by molar-refractivity contribution is 6.00. The Labute approximate surface area is 95.5 Å². The fourth-order valence-electron chi connectivity index (χ4n) is 2.21. The Kier molecular flexibility index (Phi) is 3.70. The SMILES string of the molecule is O=C1c2ccccc2CC[C@H]1CNCCO. The van der Waals surface area contributed by atoms with E-state index in [2.05, 4.69) is 5.32 Å². The fraction of sp³-hybridized carbons (Fsp3) is 0.462. The van der Waals surface area contributed by atoms with Crippen LogP contribution in [0.15, 0.2) is 24.3 Å². The zero-order valence-corrected chi connectivity index (χ0v) is 9.28. The number of aliphatic hydroxyl groups excluding tert-OH is 1. The summed E-state index contributed by atoms with van der Waals surface area (Å²) in [6, 6.07) is 7.84. The largest absolute Gasteiger partial charge is 0.395 e. The van der Waals surface area contributed by atoms with Gasteiger partial charge in [-0.2, -0.15) is 0 Å². The molecule has 0 radical (unpaired) electrons. The summed E-state index contributed by atoms with van der Waals surface area (Å²) < 4.78 is 0. The van der Waals surface area contributed by atoms with Crippen LogP contribution in [0, 0.1) is 5.92 Å². The predicted molar refractivity (Wildman–Crippen MR) is 62.5 cm³/mol. The van der Waals surface area contributed by atoms with E-state index < -0.39 is 0 Å². The summed E-state index contributed by atoms with van der Waals surface area (Å²) in [5.41, 5.74) is 2.05. The minimum Gasteiger partial charge on any atom is -0.395 e. The Morgan fingerprint density at radius 2 is 2.19 bits per heavy atom. The molecular weight excluding hydrogens is 202 g/mol. The number of carbonyl (C=O) groups excluding carboxylic acids is 1.